The number of rotatable bonds is 2. The third kappa shape index (κ3) is 4.54. The Morgan fingerprint density at radius 2 is 1.73 bits per heavy atom. The van der Waals surface area contributed by atoms with Gasteiger partial charge in [-0.25, -0.2) is 14.8 Å². The molecule has 1 fully saturated rings. The zero-order chi connectivity index (χ0) is 21.1. The lowest BCUT2D eigenvalue weighted by molar-refractivity contribution is 0.0243. The van der Waals surface area contributed by atoms with Crippen molar-refractivity contribution in [3.63, 3.8) is 0 Å². The smallest absolute Gasteiger partial charge is 0.410 e. The zero-order valence-electron chi connectivity index (χ0n) is 17.7. The van der Waals surface area contributed by atoms with E-state index in [-0.39, 0.29) is 6.09 Å². The van der Waals surface area contributed by atoms with Gasteiger partial charge in [0.2, 0.25) is 0 Å². The molecule has 0 radical (unpaired) electrons. The van der Waals surface area contributed by atoms with Gasteiger partial charge in [-0.1, -0.05) is 48.5 Å². The number of pyridine rings is 1. The molecular formula is C24H27N3O3. The van der Waals surface area contributed by atoms with Crippen molar-refractivity contribution in [3.05, 3.63) is 60.7 Å². The lowest BCUT2D eigenvalue weighted by Crippen LogP contribution is -2.39. The molecule has 0 unspecified atom stereocenters. The highest BCUT2D eigenvalue weighted by Crippen LogP contribution is 2.31. The fraction of sp³-hybridized carbons (Fsp3) is 0.333. The quantitative estimate of drug-likeness (QED) is 0.608. The molecule has 156 valence electrons. The van der Waals surface area contributed by atoms with E-state index in [2.05, 4.69) is 24.3 Å². The summed E-state index contributed by atoms with van der Waals surface area (Å²) in [5.41, 5.74) is 2.62. The maximum atomic E-state index is 12.4. The minimum atomic E-state index is -0.519. The number of fused-ring (bicyclic) bond motifs is 1. The van der Waals surface area contributed by atoms with Crippen molar-refractivity contribution in [2.24, 2.45) is 0 Å². The summed E-state index contributed by atoms with van der Waals surface area (Å²) in [5, 5.41) is 2.88. The number of anilines is 1. The average molecular weight is 405 g/mol. The molecule has 0 bridgehead atoms. The molecule has 1 amide bonds. The van der Waals surface area contributed by atoms with Crippen molar-refractivity contribution >= 4 is 22.8 Å². The van der Waals surface area contributed by atoms with Gasteiger partial charge in [-0.2, -0.15) is 0 Å². The Morgan fingerprint density at radius 3 is 2.50 bits per heavy atom. The number of hydrogen-bond donors (Lipinski definition) is 0. The topological polar surface area (TPSA) is 54.9 Å². The summed E-state index contributed by atoms with van der Waals surface area (Å²) in [4.78, 5) is 24.9. The summed E-state index contributed by atoms with van der Waals surface area (Å²) in [6.45, 7) is 7.49. The van der Waals surface area contributed by atoms with Crippen LogP contribution in [0.25, 0.3) is 22.0 Å². The molecule has 0 saturated carbocycles. The van der Waals surface area contributed by atoms with Crippen molar-refractivity contribution in [3.8, 4) is 11.1 Å². The van der Waals surface area contributed by atoms with Crippen LogP contribution in [-0.2, 0) is 9.57 Å². The summed E-state index contributed by atoms with van der Waals surface area (Å²) in [7, 11) is 0. The Balaban J connectivity index is 1.61. The standard InChI is InChI=1S/C24H27N3O3/c1-24(2,3)30-23(28)26-13-14-27(29-16-15-26)22-17-20(18-9-5-4-6-10-18)19-11-7-8-12-21(19)25-22/h4-12,17H,13-16H2,1-3H3. The second-order valence-corrected chi connectivity index (χ2v) is 8.31. The van der Waals surface area contributed by atoms with Crippen LogP contribution in [0.4, 0.5) is 10.6 Å². The summed E-state index contributed by atoms with van der Waals surface area (Å²) < 4.78 is 5.51. The number of carbonyl (C=O) groups is 1. The first-order valence-corrected chi connectivity index (χ1v) is 10.2. The first-order valence-electron chi connectivity index (χ1n) is 10.2. The van der Waals surface area contributed by atoms with Gasteiger partial charge in [0.25, 0.3) is 0 Å². The molecule has 4 rings (SSSR count). The molecule has 1 saturated heterocycles. The predicted molar refractivity (Wildman–Crippen MR) is 118 cm³/mol. The molecule has 2 aromatic carbocycles. The van der Waals surface area contributed by atoms with Crippen LogP contribution in [0, 0.1) is 0 Å². The third-order valence-corrected chi connectivity index (χ3v) is 4.88. The maximum Gasteiger partial charge on any atom is 0.410 e. The van der Waals surface area contributed by atoms with Crippen molar-refractivity contribution < 1.29 is 14.4 Å². The highest BCUT2D eigenvalue weighted by atomic mass is 16.7. The highest BCUT2D eigenvalue weighted by molar-refractivity contribution is 5.96. The van der Waals surface area contributed by atoms with Gasteiger partial charge in [-0.05, 0) is 44.0 Å². The van der Waals surface area contributed by atoms with Crippen LogP contribution < -0.4 is 5.06 Å². The summed E-state index contributed by atoms with van der Waals surface area (Å²) in [6, 6.07) is 20.4. The molecule has 0 spiro atoms. The van der Waals surface area contributed by atoms with Crippen LogP contribution in [-0.4, -0.2) is 47.8 Å². The van der Waals surface area contributed by atoms with E-state index in [0.717, 1.165) is 27.8 Å². The number of para-hydroxylation sites is 1. The van der Waals surface area contributed by atoms with Crippen LogP contribution in [0.15, 0.2) is 60.7 Å². The van der Waals surface area contributed by atoms with E-state index in [0.29, 0.717) is 26.2 Å². The molecule has 2 heterocycles. The van der Waals surface area contributed by atoms with Gasteiger partial charge in [0.1, 0.15) is 5.60 Å². The minimum absolute atomic E-state index is 0.315. The van der Waals surface area contributed by atoms with E-state index in [9.17, 15) is 4.79 Å². The van der Waals surface area contributed by atoms with Crippen molar-refractivity contribution in [2.75, 3.05) is 31.3 Å². The molecular weight excluding hydrogens is 378 g/mol. The second kappa shape index (κ2) is 8.32. The van der Waals surface area contributed by atoms with E-state index in [1.54, 1.807) is 9.96 Å². The molecule has 0 atom stereocenters. The number of benzene rings is 2. The Kier molecular flexibility index (Phi) is 5.59. The number of amides is 1. The zero-order valence-corrected chi connectivity index (χ0v) is 17.7. The van der Waals surface area contributed by atoms with Gasteiger partial charge in [0.05, 0.1) is 25.2 Å². The molecule has 1 aliphatic rings. The lowest BCUT2D eigenvalue weighted by Gasteiger charge is -2.26. The Bertz CT molecular complexity index is 1030. The van der Waals surface area contributed by atoms with Crippen LogP contribution in [0.5, 0.6) is 0 Å². The van der Waals surface area contributed by atoms with Gasteiger partial charge in [-0.15, -0.1) is 0 Å². The van der Waals surface area contributed by atoms with Crippen LogP contribution >= 0.6 is 0 Å². The molecule has 3 aromatic rings. The minimum Gasteiger partial charge on any atom is -0.444 e. The normalized spacial score (nSPS) is 15.2. The summed E-state index contributed by atoms with van der Waals surface area (Å²) in [6.07, 6.45) is -0.315. The van der Waals surface area contributed by atoms with Gasteiger partial charge < -0.3 is 9.64 Å². The number of nitrogens with zero attached hydrogens (tertiary/aromatic N) is 3. The van der Waals surface area contributed by atoms with Gasteiger partial charge in [-0.3, -0.25) is 4.84 Å². The highest BCUT2D eigenvalue weighted by Gasteiger charge is 2.25. The molecule has 30 heavy (non-hydrogen) atoms. The fourth-order valence-corrected chi connectivity index (χ4v) is 3.48. The summed E-state index contributed by atoms with van der Waals surface area (Å²) in [5.74, 6) is 0.735. The van der Waals surface area contributed by atoms with Gasteiger partial charge in [0.15, 0.2) is 5.82 Å². The number of hydroxylamine groups is 1. The van der Waals surface area contributed by atoms with Gasteiger partial charge >= 0.3 is 6.09 Å². The average Bonchev–Trinajstić information content (AvgIpc) is 2.99. The number of carbonyl (C=O) groups excluding carboxylic acids is 1. The molecule has 1 aliphatic heterocycles. The summed E-state index contributed by atoms with van der Waals surface area (Å²) >= 11 is 0. The van der Waals surface area contributed by atoms with Crippen LogP contribution in [0.3, 0.4) is 0 Å². The Hall–Kier alpha value is -3.12. The van der Waals surface area contributed by atoms with E-state index in [1.807, 2.05) is 57.2 Å². The van der Waals surface area contributed by atoms with E-state index < -0.39 is 5.60 Å². The second-order valence-electron chi connectivity index (χ2n) is 8.31. The van der Waals surface area contributed by atoms with Crippen LogP contribution in [0.2, 0.25) is 0 Å². The lowest BCUT2D eigenvalue weighted by atomic mass is 10.0. The molecule has 0 aliphatic carbocycles. The number of aromatic nitrogens is 1. The fourth-order valence-electron chi connectivity index (χ4n) is 3.48. The SMILES string of the molecule is CC(C)(C)OC(=O)N1CCON(c2cc(-c3ccccc3)c3ccccc3n2)CC1. The van der Waals surface area contributed by atoms with E-state index >= 15 is 0 Å². The van der Waals surface area contributed by atoms with Crippen molar-refractivity contribution in [2.45, 2.75) is 26.4 Å². The molecule has 6 nitrogen and oxygen atoms in total. The molecule has 6 heteroatoms. The molecule has 1 aromatic heterocycles. The van der Waals surface area contributed by atoms with Crippen LogP contribution in [0.1, 0.15) is 20.8 Å². The Labute approximate surface area is 177 Å². The monoisotopic (exact) mass is 405 g/mol. The van der Waals surface area contributed by atoms with Crippen molar-refractivity contribution in [1.29, 1.82) is 0 Å². The van der Waals surface area contributed by atoms with E-state index in [1.165, 1.54) is 0 Å². The first-order chi connectivity index (χ1) is 14.4. The number of hydrogen-bond acceptors (Lipinski definition) is 5. The predicted octanol–water partition coefficient (Wildman–Crippen LogP) is 4.89. The van der Waals surface area contributed by atoms with Gasteiger partial charge in [0, 0.05) is 11.9 Å². The van der Waals surface area contributed by atoms with E-state index in [4.69, 9.17) is 14.6 Å². The Morgan fingerprint density at radius 1 is 1.00 bits per heavy atom. The maximum absolute atomic E-state index is 12.4. The largest absolute Gasteiger partial charge is 0.444 e. The third-order valence-electron chi connectivity index (χ3n) is 4.88. The molecule has 0 N–H and O–H groups in total. The van der Waals surface area contributed by atoms with Crippen molar-refractivity contribution in [1.82, 2.24) is 9.88 Å². The number of ether oxygens (including phenoxy) is 1. The first kappa shape index (κ1) is 20.2.